The summed E-state index contributed by atoms with van der Waals surface area (Å²) >= 11 is 0. The number of nitrogens with one attached hydrogen (secondary N) is 1. The van der Waals surface area contributed by atoms with Crippen LogP contribution in [0.5, 0.6) is 0 Å². The molecule has 2 heterocycles. The van der Waals surface area contributed by atoms with Gasteiger partial charge in [-0.15, -0.1) is 0 Å². The van der Waals surface area contributed by atoms with Crippen LogP contribution < -0.4 is 11.2 Å². The molecule has 1 aromatic heterocycles. The molecule has 2 aromatic rings. The molecule has 1 saturated heterocycles. The fourth-order valence-electron chi connectivity index (χ4n) is 5.17. The molecule has 5 atom stereocenters. The minimum atomic E-state index is -5.14. The van der Waals surface area contributed by atoms with Crippen molar-refractivity contribution in [1.82, 2.24) is 9.55 Å². The van der Waals surface area contributed by atoms with Crippen molar-refractivity contribution in [2.24, 2.45) is 4.99 Å². The lowest BCUT2D eigenvalue weighted by atomic mass is 9.88. The first kappa shape index (κ1) is 48.5. The van der Waals surface area contributed by atoms with Gasteiger partial charge in [-0.05, 0) is 41.0 Å². The second-order valence-electron chi connectivity index (χ2n) is 13.5. The molecule has 0 radical (unpaired) electrons. The predicted molar refractivity (Wildman–Crippen MR) is 200 cm³/mol. The van der Waals surface area contributed by atoms with Gasteiger partial charge in [0.1, 0.15) is 12.3 Å². The highest BCUT2D eigenvalue weighted by Gasteiger charge is 2.66. The van der Waals surface area contributed by atoms with Crippen LogP contribution in [0, 0.1) is 0 Å². The normalized spacial score (nSPS) is 21.1. The van der Waals surface area contributed by atoms with Gasteiger partial charge in [0.2, 0.25) is 19.4 Å². The van der Waals surface area contributed by atoms with Crippen LogP contribution in [0.25, 0.3) is 0 Å². The van der Waals surface area contributed by atoms with Gasteiger partial charge in [-0.3, -0.25) is 28.7 Å². The number of ketones is 1. The first-order valence-corrected chi connectivity index (χ1v) is 19.7. The molecular formula is C36H49FN3O18P. The maximum atomic E-state index is 15.6. The summed E-state index contributed by atoms with van der Waals surface area (Å²) in [5.41, 5.74) is -7.02. The molecule has 2 N–H and O–H groups in total. The molecule has 0 bridgehead atoms. The molecule has 59 heavy (non-hydrogen) atoms. The number of aromatic amines is 1. The Morgan fingerprint density at radius 2 is 1.61 bits per heavy atom. The Balaban J connectivity index is 2.02. The second kappa shape index (κ2) is 22.5. The van der Waals surface area contributed by atoms with Gasteiger partial charge < -0.3 is 38.3 Å². The standard InChI is InChI=1S/C36H49FN3O18P/c1-7-8-16-49-18-26(38-17-27(41)25-12-10-9-11-13-25)29(43)57-30-35(6,47)31(40-15-14-28(42)39-32(40)44)58-36(30,19-37)20-52-59(48,53-21-50-33(45)55-23(2)3)54-22-51-34(46)56-24(4)5/h9-15,17,23-24,26,30-31,47H,7-8,16,18-22H2,1-6H3,(H,39,42,44)/t26?,30-,31+,35+,36+/m0/s1. The third kappa shape index (κ3) is 14.4. The van der Waals surface area contributed by atoms with Gasteiger partial charge in [-0.25, -0.2) is 37.2 Å². The van der Waals surface area contributed by atoms with Crippen LogP contribution in [-0.4, -0.2) is 121 Å². The molecule has 1 unspecified atom stereocenters. The van der Waals surface area contributed by atoms with E-state index in [0.29, 0.717) is 11.0 Å². The van der Waals surface area contributed by atoms with E-state index in [0.717, 1.165) is 31.8 Å². The van der Waals surface area contributed by atoms with Gasteiger partial charge >= 0.3 is 31.8 Å². The number of aliphatic imine (C=N–C) groups is 1. The zero-order valence-corrected chi connectivity index (χ0v) is 34.2. The fraction of sp³-hybridized carbons (Fsp3) is 0.583. The summed E-state index contributed by atoms with van der Waals surface area (Å²) in [6.45, 7) is 3.37. The summed E-state index contributed by atoms with van der Waals surface area (Å²) in [6.07, 6.45) is -4.80. The Hall–Kier alpha value is -4.83. The number of hydrogen-bond acceptors (Lipinski definition) is 19. The van der Waals surface area contributed by atoms with Crippen molar-refractivity contribution < 1.29 is 80.0 Å². The van der Waals surface area contributed by atoms with Crippen molar-refractivity contribution in [3.05, 3.63) is 69.0 Å². The average Bonchev–Trinajstić information content (AvgIpc) is 3.38. The van der Waals surface area contributed by atoms with Gasteiger partial charge in [0.25, 0.3) is 5.56 Å². The van der Waals surface area contributed by atoms with E-state index in [-0.39, 0.29) is 12.2 Å². The number of carbonyl (C=O) groups excluding carboxylic acids is 4. The molecule has 0 spiro atoms. The largest absolute Gasteiger partial charge is 0.510 e. The Morgan fingerprint density at radius 1 is 1.00 bits per heavy atom. The van der Waals surface area contributed by atoms with E-state index in [9.17, 15) is 38.4 Å². The van der Waals surface area contributed by atoms with Gasteiger partial charge in [-0.2, -0.15) is 0 Å². The summed E-state index contributed by atoms with van der Waals surface area (Å²) in [5.74, 6) is -1.86. The van der Waals surface area contributed by atoms with Crippen LogP contribution >= 0.6 is 7.82 Å². The smallest absolute Gasteiger partial charge is 0.454 e. The monoisotopic (exact) mass is 861 g/mol. The van der Waals surface area contributed by atoms with Crippen molar-refractivity contribution in [2.45, 2.75) is 96.2 Å². The minimum Gasteiger partial charge on any atom is -0.454 e. The maximum absolute atomic E-state index is 15.6. The highest BCUT2D eigenvalue weighted by Crippen LogP contribution is 2.53. The summed E-state index contributed by atoms with van der Waals surface area (Å²) in [7, 11) is -5.14. The first-order valence-electron chi connectivity index (χ1n) is 18.2. The number of carbonyl (C=O) groups is 4. The molecule has 1 aromatic carbocycles. The lowest BCUT2D eigenvalue weighted by Crippen LogP contribution is -2.56. The van der Waals surface area contributed by atoms with Crippen molar-refractivity contribution in [3.8, 4) is 0 Å². The van der Waals surface area contributed by atoms with E-state index in [4.69, 9.17) is 46.7 Å². The molecule has 1 aliphatic rings. The third-order valence-electron chi connectivity index (χ3n) is 7.95. The number of phosphoric ester groups is 1. The van der Waals surface area contributed by atoms with Crippen LogP contribution in [0.3, 0.4) is 0 Å². The maximum Gasteiger partial charge on any atom is 0.510 e. The number of alkyl halides is 1. The lowest BCUT2D eigenvalue weighted by molar-refractivity contribution is -0.178. The van der Waals surface area contributed by atoms with Crippen LogP contribution in [0.1, 0.15) is 71.0 Å². The van der Waals surface area contributed by atoms with Crippen molar-refractivity contribution in [1.29, 1.82) is 0 Å². The molecule has 1 aliphatic heterocycles. The molecule has 0 amide bonds. The van der Waals surface area contributed by atoms with E-state index < -0.39 is 118 Å². The third-order valence-corrected chi connectivity index (χ3v) is 9.23. The fourth-order valence-corrected chi connectivity index (χ4v) is 6.13. The number of halogens is 1. The number of aliphatic hydroxyl groups is 1. The predicted octanol–water partition coefficient (Wildman–Crippen LogP) is 3.77. The van der Waals surface area contributed by atoms with E-state index in [2.05, 4.69) is 4.99 Å². The van der Waals surface area contributed by atoms with Crippen LogP contribution in [0.2, 0.25) is 0 Å². The Labute approximate surface area is 337 Å². The number of benzene rings is 1. The van der Waals surface area contributed by atoms with Crippen LogP contribution in [0.4, 0.5) is 14.0 Å². The summed E-state index contributed by atoms with van der Waals surface area (Å²) < 4.78 is 81.9. The quantitative estimate of drug-likeness (QED) is 0.0306. The minimum absolute atomic E-state index is 0.180. The molecular weight excluding hydrogens is 812 g/mol. The highest BCUT2D eigenvalue weighted by atomic mass is 31.2. The number of phosphoric acid groups is 1. The second-order valence-corrected chi connectivity index (χ2v) is 15.2. The summed E-state index contributed by atoms with van der Waals surface area (Å²) in [5, 5.41) is 12.0. The van der Waals surface area contributed by atoms with Crippen molar-refractivity contribution in [3.63, 3.8) is 0 Å². The van der Waals surface area contributed by atoms with E-state index >= 15 is 4.39 Å². The number of hydrogen-bond donors (Lipinski definition) is 2. The Bertz CT molecular complexity index is 1870. The van der Waals surface area contributed by atoms with Gasteiger partial charge in [0, 0.05) is 24.4 Å². The van der Waals surface area contributed by atoms with Gasteiger partial charge in [0.15, 0.2) is 24.0 Å². The molecule has 0 saturated carbocycles. The SMILES string of the molecule is CCCCOCC(N=CC(=O)c1ccccc1)C(=O)O[C@@H]1[C@@](CF)(COP(=O)(OCOC(=O)OC(C)C)OCOC(=O)OC(C)C)O[C@@H](n2ccc(=O)[nH]c2=O)[C@]1(C)O. The first-order chi connectivity index (χ1) is 27.9. The highest BCUT2D eigenvalue weighted by molar-refractivity contribution is 7.48. The van der Waals surface area contributed by atoms with E-state index in [1.54, 1.807) is 18.2 Å². The summed E-state index contributed by atoms with van der Waals surface area (Å²) in [6, 6.07) is 7.24. The van der Waals surface area contributed by atoms with E-state index in [1.165, 1.54) is 39.8 Å². The number of ether oxygens (including phenoxy) is 7. The lowest BCUT2D eigenvalue weighted by Gasteiger charge is -2.35. The van der Waals surface area contributed by atoms with E-state index in [1.807, 2.05) is 11.9 Å². The number of H-pyrrole nitrogens is 1. The zero-order chi connectivity index (χ0) is 43.8. The average molecular weight is 862 g/mol. The number of esters is 1. The molecule has 1 fully saturated rings. The van der Waals surface area contributed by atoms with Crippen LogP contribution in [-0.2, 0) is 56.1 Å². The summed E-state index contributed by atoms with van der Waals surface area (Å²) in [4.78, 5) is 81.5. The van der Waals surface area contributed by atoms with Gasteiger partial charge in [0.05, 0.1) is 31.6 Å². The van der Waals surface area contributed by atoms with Crippen molar-refractivity contribution in [2.75, 3.05) is 40.1 Å². The molecule has 3 rings (SSSR count). The number of nitrogens with zero attached hydrogens (tertiary/aromatic N) is 2. The van der Waals surface area contributed by atoms with Crippen molar-refractivity contribution >= 4 is 38.1 Å². The number of unbranched alkanes of at least 4 members (excludes halogenated alkanes) is 1. The molecule has 0 aliphatic carbocycles. The number of aromatic nitrogens is 2. The van der Waals surface area contributed by atoms with Crippen LogP contribution in [0.15, 0.2) is 57.2 Å². The number of Topliss-reactive ketones (excluding diaryl/α,β-unsaturated/α-hetero) is 1. The topological polar surface area (TPSA) is 265 Å². The molecule has 21 nitrogen and oxygen atoms in total. The zero-order valence-electron chi connectivity index (χ0n) is 33.3. The molecule has 23 heteroatoms. The number of rotatable bonds is 23. The van der Waals surface area contributed by atoms with Gasteiger partial charge in [-0.1, -0.05) is 43.7 Å². The molecule has 328 valence electrons. The Kier molecular flexibility index (Phi) is 18.5. The Morgan fingerprint density at radius 3 is 2.15 bits per heavy atom.